The summed E-state index contributed by atoms with van der Waals surface area (Å²) in [7, 11) is 3.94. The fourth-order valence-corrected chi connectivity index (χ4v) is 4.71. The summed E-state index contributed by atoms with van der Waals surface area (Å²) in [6.07, 6.45) is -5.30. The SMILES string of the molecule is CN(C)CCNC(O)C(C)(C)c1ccc(-c2ccc(-c3ccc(Cl)cc3)n2-c2ccccc2C(F)(F)F)cc1. The molecule has 1 heterocycles. The van der Waals surface area contributed by atoms with E-state index in [1.807, 2.05) is 69.2 Å². The summed E-state index contributed by atoms with van der Waals surface area (Å²) >= 11 is 6.08. The van der Waals surface area contributed by atoms with Crippen molar-refractivity contribution in [1.82, 2.24) is 14.8 Å². The summed E-state index contributed by atoms with van der Waals surface area (Å²) in [6.45, 7) is 5.33. The molecule has 0 saturated heterocycles. The Morgan fingerprint density at radius 2 is 1.38 bits per heavy atom. The van der Waals surface area contributed by atoms with E-state index < -0.39 is 23.4 Å². The summed E-state index contributed by atoms with van der Waals surface area (Å²) in [5.74, 6) is 0. The van der Waals surface area contributed by atoms with E-state index in [-0.39, 0.29) is 5.69 Å². The first-order valence-corrected chi connectivity index (χ1v) is 13.1. The van der Waals surface area contributed by atoms with Gasteiger partial charge in [-0.25, -0.2) is 0 Å². The number of halogens is 4. The highest BCUT2D eigenvalue weighted by atomic mass is 35.5. The van der Waals surface area contributed by atoms with Crippen LogP contribution in [0, 0.1) is 0 Å². The zero-order chi connectivity index (χ0) is 28.4. The van der Waals surface area contributed by atoms with Crippen LogP contribution in [0.1, 0.15) is 25.0 Å². The number of hydrogen-bond donors (Lipinski definition) is 2. The topological polar surface area (TPSA) is 40.4 Å². The van der Waals surface area contributed by atoms with E-state index in [0.29, 0.717) is 23.0 Å². The minimum Gasteiger partial charge on any atom is -0.378 e. The second-order valence-corrected chi connectivity index (χ2v) is 10.9. The molecule has 0 saturated carbocycles. The molecular formula is C31H33ClF3N3O. The third-order valence-electron chi connectivity index (χ3n) is 6.98. The molecule has 4 nitrogen and oxygen atoms in total. The summed E-state index contributed by atoms with van der Waals surface area (Å²) in [4.78, 5) is 2.03. The monoisotopic (exact) mass is 555 g/mol. The van der Waals surface area contributed by atoms with Gasteiger partial charge in [0.1, 0.15) is 6.23 Å². The molecule has 0 aliphatic carbocycles. The smallest absolute Gasteiger partial charge is 0.378 e. The molecule has 8 heteroatoms. The quantitative estimate of drug-likeness (QED) is 0.214. The minimum absolute atomic E-state index is 0.0415. The molecule has 0 bridgehead atoms. The van der Waals surface area contributed by atoms with Gasteiger partial charge >= 0.3 is 6.18 Å². The van der Waals surface area contributed by atoms with Crippen LogP contribution in [0.5, 0.6) is 0 Å². The van der Waals surface area contributed by atoms with Gasteiger partial charge in [0.15, 0.2) is 0 Å². The number of para-hydroxylation sites is 1. The van der Waals surface area contributed by atoms with Gasteiger partial charge in [-0.3, -0.25) is 5.32 Å². The predicted molar refractivity (Wildman–Crippen MR) is 152 cm³/mol. The van der Waals surface area contributed by atoms with Crippen LogP contribution in [0.25, 0.3) is 28.2 Å². The maximum absolute atomic E-state index is 14.1. The van der Waals surface area contributed by atoms with E-state index in [4.69, 9.17) is 11.6 Å². The van der Waals surface area contributed by atoms with Crippen LogP contribution in [0.4, 0.5) is 13.2 Å². The average molecular weight is 556 g/mol. The van der Waals surface area contributed by atoms with Crippen molar-refractivity contribution in [3.8, 4) is 28.2 Å². The van der Waals surface area contributed by atoms with Gasteiger partial charge in [-0.1, -0.05) is 74.0 Å². The lowest BCUT2D eigenvalue weighted by Gasteiger charge is -2.32. The first kappa shape index (κ1) is 28.9. The van der Waals surface area contributed by atoms with E-state index >= 15 is 0 Å². The van der Waals surface area contributed by atoms with Gasteiger partial charge in [0.05, 0.1) is 22.6 Å². The van der Waals surface area contributed by atoms with Crippen molar-refractivity contribution >= 4 is 11.6 Å². The highest BCUT2D eigenvalue weighted by molar-refractivity contribution is 6.30. The second kappa shape index (κ2) is 11.6. The third-order valence-corrected chi connectivity index (χ3v) is 7.23. The van der Waals surface area contributed by atoms with Crippen molar-refractivity contribution in [2.24, 2.45) is 0 Å². The summed E-state index contributed by atoms with van der Waals surface area (Å²) in [5.41, 5.74) is 2.36. The largest absolute Gasteiger partial charge is 0.418 e. The van der Waals surface area contributed by atoms with E-state index in [0.717, 1.165) is 29.3 Å². The van der Waals surface area contributed by atoms with Gasteiger partial charge in [0, 0.05) is 23.5 Å². The van der Waals surface area contributed by atoms with Crippen molar-refractivity contribution in [3.63, 3.8) is 0 Å². The Morgan fingerprint density at radius 3 is 1.92 bits per heavy atom. The molecular weight excluding hydrogens is 523 g/mol. The maximum atomic E-state index is 14.1. The molecule has 4 aromatic rings. The molecule has 1 aromatic heterocycles. The molecule has 39 heavy (non-hydrogen) atoms. The van der Waals surface area contributed by atoms with Crippen LogP contribution in [0.2, 0.25) is 5.02 Å². The predicted octanol–water partition coefficient (Wildman–Crippen LogP) is 7.23. The fraction of sp³-hybridized carbons (Fsp3) is 0.290. The standard InChI is InChI=1S/C31H33ClF3N3O/c1-30(2,29(39)36-19-20-37(3)4)23-13-9-21(10-14-23)26-17-18-27(22-11-15-24(32)16-12-22)38(26)28-8-6-5-7-25(28)31(33,34)35/h5-18,29,36,39H,19-20H2,1-4H3. The van der Waals surface area contributed by atoms with E-state index in [1.165, 1.54) is 12.1 Å². The molecule has 2 N–H and O–H groups in total. The molecule has 4 rings (SSSR count). The van der Waals surface area contributed by atoms with Gasteiger partial charge in [-0.2, -0.15) is 13.2 Å². The lowest BCUT2D eigenvalue weighted by atomic mass is 9.82. The van der Waals surface area contributed by atoms with Crippen molar-refractivity contribution in [2.75, 3.05) is 27.2 Å². The minimum atomic E-state index is -4.53. The Bertz CT molecular complexity index is 1390. The number of rotatable bonds is 9. The van der Waals surface area contributed by atoms with E-state index in [1.54, 1.807) is 34.9 Å². The summed E-state index contributed by atoms with van der Waals surface area (Å²) in [6, 6.07) is 23.9. The Kier molecular flexibility index (Phi) is 8.57. The lowest BCUT2D eigenvalue weighted by Crippen LogP contribution is -2.46. The first-order valence-electron chi connectivity index (χ1n) is 12.7. The van der Waals surface area contributed by atoms with E-state index in [9.17, 15) is 18.3 Å². The summed E-state index contributed by atoms with van der Waals surface area (Å²) < 4.78 is 43.9. The molecule has 206 valence electrons. The van der Waals surface area contributed by atoms with Crippen LogP contribution in [-0.4, -0.2) is 48.0 Å². The first-order chi connectivity index (χ1) is 18.4. The molecule has 0 radical (unpaired) electrons. The Labute approximate surface area is 232 Å². The van der Waals surface area contributed by atoms with Crippen molar-refractivity contribution in [2.45, 2.75) is 31.7 Å². The Hall–Kier alpha value is -3.10. The van der Waals surface area contributed by atoms with Crippen LogP contribution < -0.4 is 5.32 Å². The van der Waals surface area contributed by atoms with Crippen LogP contribution in [0.3, 0.4) is 0 Å². The van der Waals surface area contributed by atoms with Gasteiger partial charge in [0.2, 0.25) is 0 Å². The van der Waals surface area contributed by atoms with Gasteiger partial charge in [-0.05, 0) is 67.2 Å². The number of aliphatic hydroxyl groups excluding tert-OH is 1. The zero-order valence-electron chi connectivity index (χ0n) is 22.4. The number of benzene rings is 3. The normalized spacial score (nSPS) is 13.2. The third kappa shape index (κ3) is 6.39. The molecule has 0 spiro atoms. The number of likely N-dealkylation sites (N-methyl/N-ethyl adjacent to an activating group) is 1. The molecule has 1 atom stereocenters. The van der Waals surface area contributed by atoms with Gasteiger partial charge in [0.25, 0.3) is 0 Å². The fourth-order valence-electron chi connectivity index (χ4n) is 4.58. The van der Waals surface area contributed by atoms with E-state index in [2.05, 4.69) is 5.32 Å². The zero-order valence-corrected chi connectivity index (χ0v) is 23.2. The van der Waals surface area contributed by atoms with Crippen LogP contribution >= 0.6 is 11.6 Å². The molecule has 1 unspecified atom stereocenters. The summed E-state index contributed by atoms with van der Waals surface area (Å²) in [5, 5.41) is 14.5. The van der Waals surface area contributed by atoms with Crippen molar-refractivity contribution < 1.29 is 18.3 Å². The number of alkyl halides is 3. The highest BCUT2D eigenvalue weighted by Gasteiger charge is 2.35. The number of hydrogen-bond acceptors (Lipinski definition) is 3. The van der Waals surface area contributed by atoms with Crippen LogP contribution in [-0.2, 0) is 11.6 Å². The lowest BCUT2D eigenvalue weighted by molar-refractivity contribution is -0.137. The number of nitrogens with zero attached hydrogens (tertiary/aromatic N) is 2. The molecule has 0 aliphatic heterocycles. The van der Waals surface area contributed by atoms with Crippen molar-refractivity contribution in [3.05, 3.63) is 101 Å². The molecule has 3 aromatic carbocycles. The average Bonchev–Trinajstić information content (AvgIpc) is 3.33. The molecule has 0 aliphatic rings. The van der Waals surface area contributed by atoms with Crippen molar-refractivity contribution in [1.29, 1.82) is 0 Å². The Balaban J connectivity index is 1.77. The molecule has 0 fully saturated rings. The van der Waals surface area contributed by atoms with Crippen LogP contribution in [0.15, 0.2) is 84.9 Å². The number of nitrogens with one attached hydrogen (secondary N) is 1. The van der Waals surface area contributed by atoms with Gasteiger partial charge < -0.3 is 14.6 Å². The van der Waals surface area contributed by atoms with Gasteiger partial charge in [-0.15, -0.1) is 0 Å². The highest BCUT2D eigenvalue weighted by Crippen LogP contribution is 2.39. The number of aliphatic hydroxyl groups is 1. The Morgan fingerprint density at radius 1 is 0.846 bits per heavy atom. The molecule has 0 amide bonds. The second-order valence-electron chi connectivity index (χ2n) is 10.4. The maximum Gasteiger partial charge on any atom is 0.418 e. The number of aromatic nitrogens is 1.